The minimum Gasteiger partial charge on any atom is -0.490 e. The summed E-state index contributed by atoms with van der Waals surface area (Å²) in [5.41, 5.74) is 1.85. The normalized spacial score (nSPS) is 15.3. The lowest BCUT2D eigenvalue weighted by Gasteiger charge is -2.30. The van der Waals surface area contributed by atoms with E-state index in [1.54, 1.807) is 48.4 Å². The fraction of sp³-hybridized carbons (Fsp3) is 0.314. The summed E-state index contributed by atoms with van der Waals surface area (Å²) in [6.45, 7) is 2.24. The van der Waals surface area contributed by atoms with Gasteiger partial charge in [-0.2, -0.15) is 0 Å². The highest BCUT2D eigenvalue weighted by Crippen LogP contribution is 2.42. The van der Waals surface area contributed by atoms with E-state index >= 15 is 0 Å². The molecule has 236 valence electrons. The Hall–Kier alpha value is -4.38. The minimum atomic E-state index is -1.02. The van der Waals surface area contributed by atoms with Gasteiger partial charge in [-0.3, -0.25) is 4.79 Å². The molecule has 0 radical (unpaired) electrons. The van der Waals surface area contributed by atoms with E-state index < -0.39 is 11.5 Å². The molecule has 1 aromatic heterocycles. The van der Waals surface area contributed by atoms with Gasteiger partial charge in [-0.15, -0.1) is 0 Å². The van der Waals surface area contributed by atoms with Crippen LogP contribution in [0.3, 0.4) is 0 Å². The predicted molar refractivity (Wildman–Crippen MR) is 166 cm³/mol. The number of aliphatic hydroxyl groups excluding tert-OH is 1. The fourth-order valence-electron chi connectivity index (χ4n) is 5.69. The van der Waals surface area contributed by atoms with Gasteiger partial charge in [0.2, 0.25) is 5.91 Å². The van der Waals surface area contributed by atoms with E-state index in [-0.39, 0.29) is 24.1 Å². The lowest BCUT2D eigenvalue weighted by atomic mass is 9.73. The molecule has 0 bridgehead atoms. The molecule has 45 heavy (non-hydrogen) atoms. The number of para-hydroxylation sites is 1. The van der Waals surface area contributed by atoms with Crippen molar-refractivity contribution in [2.45, 2.75) is 24.5 Å². The Bertz CT molecular complexity index is 1540. The van der Waals surface area contributed by atoms with Gasteiger partial charge in [0.15, 0.2) is 5.76 Å². The highest BCUT2D eigenvalue weighted by molar-refractivity contribution is 5.94. The molecule has 4 aromatic rings. The van der Waals surface area contributed by atoms with E-state index in [1.807, 2.05) is 42.3 Å². The molecule has 3 aromatic carbocycles. The number of rotatable bonds is 14. The van der Waals surface area contributed by atoms with Gasteiger partial charge in [-0.05, 0) is 67.1 Å². The topological polar surface area (TPSA) is 88.3 Å². The van der Waals surface area contributed by atoms with Gasteiger partial charge in [0.05, 0.1) is 6.61 Å². The number of nitrogens with zero attached hydrogens (tertiary/aromatic N) is 3. The Morgan fingerprint density at radius 1 is 1.04 bits per heavy atom. The number of aliphatic hydroxyl groups is 1. The third-order valence-corrected chi connectivity index (χ3v) is 8.00. The lowest BCUT2D eigenvalue weighted by molar-refractivity contribution is -0.131. The van der Waals surface area contributed by atoms with Crippen LogP contribution < -0.4 is 4.74 Å². The second kappa shape index (κ2) is 14.6. The maximum Gasteiger partial charge on any atom is 0.237 e. The molecule has 5 rings (SSSR count). The average molecular weight is 618 g/mol. The van der Waals surface area contributed by atoms with Crippen molar-refractivity contribution in [1.82, 2.24) is 15.0 Å². The summed E-state index contributed by atoms with van der Waals surface area (Å²) in [5, 5.41) is 14.7. The van der Waals surface area contributed by atoms with E-state index in [4.69, 9.17) is 14.0 Å². The summed E-state index contributed by atoms with van der Waals surface area (Å²) in [6, 6.07) is 21.2. The molecule has 0 spiro atoms. The molecule has 2 heterocycles. The van der Waals surface area contributed by atoms with E-state index in [0.29, 0.717) is 67.5 Å². The number of hydrogen-bond donors (Lipinski definition) is 1. The zero-order chi connectivity index (χ0) is 31.8. The molecule has 1 fully saturated rings. The second-order valence-electron chi connectivity index (χ2n) is 11.2. The van der Waals surface area contributed by atoms with Crippen LogP contribution in [0.5, 0.6) is 5.75 Å². The monoisotopic (exact) mass is 617 g/mol. The number of carbonyl (C=O) groups excluding carboxylic acids is 1. The molecule has 0 saturated carbocycles. The van der Waals surface area contributed by atoms with Gasteiger partial charge in [-0.25, -0.2) is 8.78 Å². The van der Waals surface area contributed by atoms with Crippen LogP contribution in [-0.4, -0.2) is 79.0 Å². The van der Waals surface area contributed by atoms with E-state index in [9.17, 15) is 18.7 Å². The van der Waals surface area contributed by atoms with E-state index in [2.05, 4.69) is 5.16 Å². The highest BCUT2D eigenvalue weighted by Gasteiger charge is 2.49. The number of aromatic nitrogens is 1. The van der Waals surface area contributed by atoms with Crippen molar-refractivity contribution in [2.24, 2.45) is 0 Å². The van der Waals surface area contributed by atoms with Crippen molar-refractivity contribution < 1.29 is 32.7 Å². The van der Waals surface area contributed by atoms with Gasteiger partial charge < -0.3 is 28.9 Å². The number of amides is 1. The molecular formula is C35H37F2N3O5. The molecule has 8 nitrogen and oxygen atoms in total. The van der Waals surface area contributed by atoms with Crippen LogP contribution in [0, 0.1) is 11.6 Å². The van der Waals surface area contributed by atoms with Crippen molar-refractivity contribution in [3.8, 4) is 5.75 Å². The molecule has 1 aliphatic heterocycles. The van der Waals surface area contributed by atoms with Gasteiger partial charge in [0.25, 0.3) is 0 Å². The predicted octanol–water partition coefficient (Wildman–Crippen LogP) is 5.16. The number of benzene rings is 3. The third-order valence-electron chi connectivity index (χ3n) is 8.00. The molecule has 1 aliphatic rings. The van der Waals surface area contributed by atoms with Gasteiger partial charge >= 0.3 is 0 Å². The first-order valence-corrected chi connectivity index (χ1v) is 14.8. The number of hydrogen-bond acceptors (Lipinski definition) is 7. The van der Waals surface area contributed by atoms with Crippen molar-refractivity contribution in [2.75, 3.05) is 46.9 Å². The Morgan fingerprint density at radius 2 is 1.71 bits per heavy atom. The molecule has 1 N–H and O–H groups in total. The number of likely N-dealkylation sites (N-methyl/N-ethyl adjacent to an activating group) is 1. The number of carbonyl (C=O) groups is 1. The summed E-state index contributed by atoms with van der Waals surface area (Å²) in [7, 11) is 3.47. The lowest BCUT2D eigenvalue weighted by Crippen LogP contribution is -2.42. The Labute approximate surface area is 261 Å². The minimum absolute atomic E-state index is 0.0797. The van der Waals surface area contributed by atoms with Crippen molar-refractivity contribution in [3.05, 3.63) is 119 Å². The molecule has 0 aliphatic carbocycles. The molecule has 1 amide bonds. The Morgan fingerprint density at radius 3 is 2.38 bits per heavy atom. The first-order chi connectivity index (χ1) is 21.8. The standard InChI is InChI=1S/C35H37F2N3O5/c1-39(22-31(41)24-44-33-6-4-3-5-25(33)7-16-32-21-30(23-43-2)38-45-32)19-20-40-18-17-35(34(40)42,26-8-12-28(36)13-9-26)27-10-14-29(37)15-11-27/h3-16,21,31,41H,17-20,22-24H2,1-2H3/b16-7+. The molecule has 1 atom stereocenters. The fourth-order valence-corrected chi connectivity index (χ4v) is 5.69. The SMILES string of the molecule is COCc1cc(/C=C/c2ccccc2OCC(O)CN(C)CCN2CCC(c3ccc(F)cc3)(c3ccc(F)cc3)C2=O)on1. The largest absolute Gasteiger partial charge is 0.490 e. The molecule has 10 heteroatoms. The Kier molecular flexibility index (Phi) is 10.4. The first kappa shape index (κ1) is 32.0. The van der Waals surface area contributed by atoms with Crippen molar-refractivity contribution in [3.63, 3.8) is 0 Å². The maximum atomic E-state index is 13.9. The molecule has 1 unspecified atom stereocenters. The van der Waals surface area contributed by atoms with Crippen LogP contribution >= 0.6 is 0 Å². The number of likely N-dealkylation sites (tertiary alicyclic amines) is 1. The maximum absolute atomic E-state index is 13.9. The summed E-state index contributed by atoms with van der Waals surface area (Å²) >= 11 is 0. The molecule has 1 saturated heterocycles. The van der Waals surface area contributed by atoms with Crippen LogP contribution in [0.2, 0.25) is 0 Å². The van der Waals surface area contributed by atoms with Crippen molar-refractivity contribution in [1.29, 1.82) is 0 Å². The van der Waals surface area contributed by atoms with Crippen molar-refractivity contribution >= 4 is 18.1 Å². The van der Waals surface area contributed by atoms with E-state index in [0.717, 1.165) is 5.56 Å². The third kappa shape index (κ3) is 7.65. The first-order valence-electron chi connectivity index (χ1n) is 14.8. The van der Waals surface area contributed by atoms with Gasteiger partial charge in [-0.1, -0.05) is 47.6 Å². The summed E-state index contributed by atoms with van der Waals surface area (Å²) in [4.78, 5) is 17.7. The van der Waals surface area contributed by atoms with Crippen LogP contribution in [0.4, 0.5) is 8.78 Å². The van der Waals surface area contributed by atoms with Crippen LogP contribution in [-0.2, 0) is 21.6 Å². The molecular weight excluding hydrogens is 580 g/mol. The zero-order valence-electron chi connectivity index (χ0n) is 25.4. The average Bonchev–Trinajstić information content (AvgIpc) is 3.63. The number of halogens is 2. The van der Waals surface area contributed by atoms with Crippen LogP contribution in [0.15, 0.2) is 83.4 Å². The summed E-state index contributed by atoms with van der Waals surface area (Å²) in [6.07, 6.45) is 3.36. The number of ether oxygens (including phenoxy) is 2. The van der Waals surface area contributed by atoms with Gasteiger partial charge in [0, 0.05) is 44.9 Å². The quantitative estimate of drug-likeness (QED) is 0.209. The van der Waals surface area contributed by atoms with Crippen LogP contribution in [0.1, 0.15) is 34.6 Å². The number of methoxy groups -OCH3 is 1. The smallest absolute Gasteiger partial charge is 0.237 e. The Balaban J connectivity index is 1.16. The highest BCUT2D eigenvalue weighted by atomic mass is 19.1. The summed E-state index contributed by atoms with van der Waals surface area (Å²) < 4.78 is 43.8. The van der Waals surface area contributed by atoms with Crippen LogP contribution in [0.25, 0.3) is 12.2 Å². The van der Waals surface area contributed by atoms with E-state index in [1.165, 1.54) is 24.3 Å². The second-order valence-corrected chi connectivity index (χ2v) is 11.2. The summed E-state index contributed by atoms with van der Waals surface area (Å²) in [5.74, 6) is 0.323. The zero-order valence-corrected chi connectivity index (χ0v) is 25.4. The van der Waals surface area contributed by atoms with Gasteiger partial charge in [0.1, 0.15) is 41.2 Å².